The number of morpholine rings is 1. The second kappa shape index (κ2) is 6.68. The van der Waals surface area contributed by atoms with Gasteiger partial charge in [0.05, 0.1) is 30.7 Å². The van der Waals surface area contributed by atoms with Gasteiger partial charge in [-0.25, -0.2) is 0 Å². The SMILES string of the molecule is CC1=CC[C@H]2C(=O)N(c3cccc(C(=O)N4CCOCC4)c3)C(=O)[C@H]2C1. The molecule has 3 amide bonds. The highest BCUT2D eigenvalue weighted by Crippen LogP contribution is 2.39. The fourth-order valence-corrected chi connectivity index (χ4v) is 4.02. The molecule has 2 fully saturated rings. The van der Waals surface area contributed by atoms with Crippen LogP contribution in [0, 0.1) is 11.8 Å². The Kier molecular flexibility index (Phi) is 4.36. The lowest BCUT2D eigenvalue weighted by atomic mass is 9.82. The third kappa shape index (κ3) is 2.84. The number of anilines is 1. The standard InChI is InChI=1S/C20H22N2O4/c1-13-5-6-16-17(11-13)20(25)22(19(16)24)15-4-2-3-14(12-15)18(23)21-7-9-26-10-8-21/h2-5,12,16-17H,6-11H2,1H3/t16-,17+/m1/s1. The van der Waals surface area contributed by atoms with Crippen molar-refractivity contribution in [2.45, 2.75) is 19.8 Å². The number of fused-ring (bicyclic) bond motifs is 1. The average Bonchev–Trinajstić information content (AvgIpc) is 2.92. The molecule has 0 bridgehead atoms. The molecule has 4 rings (SSSR count). The van der Waals surface area contributed by atoms with Crippen LogP contribution in [0.3, 0.4) is 0 Å². The van der Waals surface area contributed by atoms with Crippen LogP contribution in [0.25, 0.3) is 0 Å². The van der Waals surface area contributed by atoms with E-state index in [-0.39, 0.29) is 29.6 Å². The van der Waals surface area contributed by atoms with Gasteiger partial charge in [0.1, 0.15) is 0 Å². The highest BCUT2D eigenvalue weighted by Gasteiger charge is 2.48. The van der Waals surface area contributed by atoms with Crippen molar-refractivity contribution >= 4 is 23.4 Å². The van der Waals surface area contributed by atoms with E-state index in [0.717, 1.165) is 5.57 Å². The number of amides is 3. The topological polar surface area (TPSA) is 66.9 Å². The number of allylic oxidation sites excluding steroid dienone is 2. The predicted molar refractivity (Wildman–Crippen MR) is 95.6 cm³/mol. The molecule has 6 nitrogen and oxygen atoms in total. The summed E-state index contributed by atoms with van der Waals surface area (Å²) in [5.41, 5.74) is 2.14. The van der Waals surface area contributed by atoms with Gasteiger partial charge in [0, 0.05) is 18.7 Å². The Morgan fingerprint density at radius 2 is 1.85 bits per heavy atom. The van der Waals surface area contributed by atoms with Gasteiger partial charge in [0.25, 0.3) is 5.91 Å². The number of nitrogens with zero attached hydrogens (tertiary/aromatic N) is 2. The normalized spacial score (nSPS) is 26.0. The Hall–Kier alpha value is -2.47. The van der Waals surface area contributed by atoms with Gasteiger partial charge in [-0.2, -0.15) is 0 Å². The molecule has 2 aliphatic heterocycles. The van der Waals surface area contributed by atoms with E-state index in [2.05, 4.69) is 0 Å². The van der Waals surface area contributed by atoms with Gasteiger partial charge in [0.2, 0.25) is 11.8 Å². The van der Waals surface area contributed by atoms with Crippen molar-refractivity contribution in [1.82, 2.24) is 4.90 Å². The fourth-order valence-electron chi connectivity index (χ4n) is 4.02. The van der Waals surface area contributed by atoms with E-state index in [4.69, 9.17) is 4.74 Å². The van der Waals surface area contributed by atoms with Crippen molar-refractivity contribution in [3.63, 3.8) is 0 Å². The highest BCUT2D eigenvalue weighted by molar-refractivity contribution is 6.22. The molecule has 26 heavy (non-hydrogen) atoms. The van der Waals surface area contributed by atoms with E-state index < -0.39 is 0 Å². The average molecular weight is 354 g/mol. The van der Waals surface area contributed by atoms with Crippen LogP contribution in [0.2, 0.25) is 0 Å². The molecule has 1 aliphatic carbocycles. The van der Waals surface area contributed by atoms with Crippen LogP contribution in [0.5, 0.6) is 0 Å². The van der Waals surface area contributed by atoms with Crippen molar-refractivity contribution in [1.29, 1.82) is 0 Å². The molecular weight excluding hydrogens is 332 g/mol. The summed E-state index contributed by atoms with van der Waals surface area (Å²) in [5, 5.41) is 0. The molecule has 136 valence electrons. The van der Waals surface area contributed by atoms with Crippen molar-refractivity contribution in [3.05, 3.63) is 41.5 Å². The van der Waals surface area contributed by atoms with Gasteiger partial charge >= 0.3 is 0 Å². The molecule has 0 aromatic heterocycles. The van der Waals surface area contributed by atoms with Gasteiger partial charge < -0.3 is 9.64 Å². The van der Waals surface area contributed by atoms with Crippen molar-refractivity contribution < 1.29 is 19.1 Å². The summed E-state index contributed by atoms with van der Waals surface area (Å²) >= 11 is 0. The Balaban J connectivity index is 1.60. The van der Waals surface area contributed by atoms with Crippen LogP contribution in [-0.4, -0.2) is 48.9 Å². The summed E-state index contributed by atoms with van der Waals surface area (Å²) in [4.78, 5) is 41.4. The van der Waals surface area contributed by atoms with Crippen LogP contribution < -0.4 is 4.90 Å². The van der Waals surface area contributed by atoms with Crippen LogP contribution in [-0.2, 0) is 14.3 Å². The molecule has 2 heterocycles. The Bertz CT molecular complexity index is 795. The van der Waals surface area contributed by atoms with Crippen LogP contribution in [0.15, 0.2) is 35.9 Å². The lowest BCUT2D eigenvalue weighted by Gasteiger charge is -2.27. The molecule has 6 heteroatoms. The molecule has 0 spiro atoms. The molecule has 1 aromatic carbocycles. The summed E-state index contributed by atoms with van der Waals surface area (Å²) in [6, 6.07) is 6.84. The quantitative estimate of drug-likeness (QED) is 0.602. The first-order valence-corrected chi connectivity index (χ1v) is 9.07. The number of rotatable bonds is 2. The lowest BCUT2D eigenvalue weighted by molar-refractivity contribution is -0.122. The van der Waals surface area contributed by atoms with Crippen LogP contribution in [0.4, 0.5) is 5.69 Å². The number of hydrogen-bond acceptors (Lipinski definition) is 4. The summed E-state index contributed by atoms with van der Waals surface area (Å²) in [7, 11) is 0. The largest absolute Gasteiger partial charge is 0.378 e. The number of carbonyl (C=O) groups excluding carboxylic acids is 3. The van der Waals surface area contributed by atoms with E-state index >= 15 is 0 Å². The van der Waals surface area contributed by atoms with E-state index in [1.807, 2.05) is 13.0 Å². The number of carbonyl (C=O) groups is 3. The molecular formula is C20H22N2O4. The number of ether oxygens (including phenoxy) is 1. The Morgan fingerprint density at radius 3 is 2.62 bits per heavy atom. The summed E-state index contributed by atoms with van der Waals surface area (Å²) < 4.78 is 5.29. The van der Waals surface area contributed by atoms with Crippen LogP contribution in [0.1, 0.15) is 30.1 Å². The predicted octanol–water partition coefficient (Wildman–Crippen LogP) is 2.00. The Labute approximate surface area is 152 Å². The fraction of sp³-hybridized carbons (Fsp3) is 0.450. The summed E-state index contributed by atoms with van der Waals surface area (Å²) in [6.45, 7) is 4.17. The third-order valence-electron chi connectivity index (χ3n) is 5.47. The maximum Gasteiger partial charge on any atom is 0.254 e. The zero-order valence-corrected chi connectivity index (χ0v) is 14.8. The van der Waals surface area contributed by atoms with Crippen molar-refractivity contribution in [2.24, 2.45) is 11.8 Å². The van der Waals surface area contributed by atoms with E-state index in [1.54, 1.807) is 29.2 Å². The highest BCUT2D eigenvalue weighted by atomic mass is 16.5. The molecule has 0 saturated carbocycles. The van der Waals surface area contributed by atoms with E-state index in [9.17, 15) is 14.4 Å². The van der Waals surface area contributed by atoms with Gasteiger partial charge in [-0.05, 0) is 38.0 Å². The van der Waals surface area contributed by atoms with Gasteiger partial charge in [-0.1, -0.05) is 17.7 Å². The zero-order chi connectivity index (χ0) is 18.3. The van der Waals surface area contributed by atoms with Gasteiger partial charge in [0.15, 0.2) is 0 Å². The molecule has 0 N–H and O–H groups in total. The summed E-state index contributed by atoms with van der Waals surface area (Å²) in [5.74, 6) is -0.941. The van der Waals surface area contributed by atoms with Gasteiger partial charge in [-0.15, -0.1) is 0 Å². The maximum absolute atomic E-state index is 12.8. The summed E-state index contributed by atoms with van der Waals surface area (Å²) in [6.07, 6.45) is 3.30. The first-order valence-electron chi connectivity index (χ1n) is 9.07. The minimum Gasteiger partial charge on any atom is -0.378 e. The second-order valence-electron chi connectivity index (χ2n) is 7.17. The van der Waals surface area contributed by atoms with Crippen LogP contribution >= 0.6 is 0 Å². The molecule has 0 radical (unpaired) electrons. The second-order valence-corrected chi connectivity index (χ2v) is 7.17. The number of benzene rings is 1. The molecule has 3 aliphatic rings. The molecule has 2 atom stereocenters. The maximum atomic E-state index is 12.8. The third-order valence-corrected chi connectivity index (χ3v) is 5.47. The van der Waals surface area contributed by atoms with Gasteiger partial charge in [-0.3, -0.25) is 19.3 Å². The van der Waals surface area contributed by atoms with E-state index in [0.29, 0.717) is 50.4 Å². The number of imide groups is 1. The van der Waals surface area contributed by atoms with E-state index in [1.165, 1.54) is 4.90 Å². The molecule has 1 aromatic rings. The minimum absolute atomic E-state index is 0.0934. The monoisotopic (exact) mass is 354 g/mol. The zero-order valence-electron chi connectivity index (χ0n) is 14.8. The number of hydrogen-bond donors (Lipinski definition) is 0. The molecule has 2 saturated heterocycles. The van der Waals surface area contributed by atoms with Crippen molar-refractivity contribution in [3.8, 4) is 0 Å². The first kappa shape index (κ1) is 17.0. The minimum atomic E-state index is -0.273. The molecule has 0 unspecified atom stereocenters. The Morgan fingerprint density at radius 1 is 1.12 bits per heavy atom. The first-order chi connectivity index (χ1) is 12.6. The lowest BCUT2D eigenvalue weighted by Crippen LogP contribution is -2.40. The smallest absolute Gasteiger partial charge is 0.254 e. The van der Waals surface area contributed by atoms with Crippen molar-refractivity contribution in [2.75, 3.05) is 31.2 Å².